The summed E-state index contributed by atoms with van der Waals surface area (Å²) in [5.41, 5.74) is 13.0. The fraction of sp³-hybridized carbons (Fsp3) is 0. The lowest BCUT2D eigenvalue weighted by atomic mass is 10.0. The number of hydrogen-bond acceptors (Lipinski definition) is 3. The van der Waals surface area contributed by atoms with Crippen molar-refractivity contribution < 1.29 is 4.42 Å². The van der Waals surface area contributed by atoms with Gasteiger partial charge in [0.05, 0.1) is 39.1 Å². The lowest BCUT2D eigenvalue weighted by Crippen LogP contribution is -2.06. The summed E-state index contributed by atoms with van der Waals surface area (Å²) in [5.74, 6) is 0. The number of furan rings is 1. The molecule has 262 valence electrons. The maximum absolute atomic E-state index is 6.48. The van der Waals surface area contributed by atoms with Crippen LogP contribution >= 0.6 is 0 Å². The van der Waals surface area contributed by atoms with E-state index >= 15 is 0 Å². The Kier molecular flexibility index (Phi) is 6.53. The highest BCUT2D eigenvalue weighted by Crippen LogP contribution is 2.43. The van der Waals surface area contributed by atoms with E-state index in [9.17, 15) is 0 Å². The molecule has 0 N–H and O–H groups in total. The normalized spacial score (nSPS) is 11.9. The number of aromatic nitrogens is 5. The van der Waals surface area contributed by atoms with Crippen LogP contribution < -0.4 is 0 Å². The molecule has 8 aromatic carbocycles. The van der Waals surface area contributed by atoms with Crippen LogP contribution in [0.4, 0.5) is 0 Å². The van der Waals surface area contributed by atoms with Crippen molar-refractivity contribution in [1.29, 1.82) is 0 Å². The second kappa shape index (κ2) is 11.9. The lowest BCUT2D eigenvalue weighted by molar-refractivity contribution is 0.669. The molecule has 12 aromatic rings. The molecule has 6 heteroatoms. The molecule has 0 spiro atoms. The van der Waals surface area contributed by atoms with Crippen LogP contribution in [0.3, 0.4) is 0 Å². The van der Waals surface area contributed by atoms with Gasteiger partial charge in [-0.15, -0.1) is 5.10 Å². The smallest absolute Gasteiger partial charge is 0.137 e. The van der Waals surface area contributed by atoms with Crippen molar-refractivity contribution in [2.75, 3.05) is 0 Å². The highest BCUT2D eigenvalue weighted by atomic mass is 16.3. The van der Waals surface area contributed by atoms with Crippen LogP contribution in [-0.4, -0.2) is 24.1 Å². The van der Waals surface area contributed by atoms with Gasteiger partial charge in [-0.2, -0.15) is 0 Å². The Balaban J connectivity index is 1.18. The number of benzene rings is 8. The minimum atomic E-state index is 0.832. The second-order valence-corrected chi connectivity index (χ2v) is 14.3. The number of nitrogens with zero attached hydrogens (tertiary/aromatic N) is 5. The second-order valence-electron chi connectivity index (χ2n) is 14.3. The number of fused-ring (bicyclic) bond motifs is 9. The van der Waals surface area contributed by atoms with Gasteiger partial charge in [0.2, 0.25) is 0 Å². The van der Waals surface area contributed by atoms with E-state index in [-0.39, 0.29) is 0 Å². The summed E-state index contributed by atoms with van der Waals surface area (Å²) in [5, 5.41) is 16.7. The van der Waals surface area contributed by atoms with Gasteiger partial charge in [0.25, 0.3) is 0 Å². The van der Waals surface area contributed by atoms with E-state index in [0.717, 1.165) is 94.4 Å². The summed E-state index contributed by atoms with van der Waals surface area (Å²) in [6, 6.07) is 66.2. The summed E-state index contributed by atoms with van der Waals surface area (Å²) >= 11 is 0. The van der Waals surface area contributed by atoms with Gasteiger partial charge in [0.1, 0.15) is 22.6 Å². The van der Waals surface area contributed by atoms with Crippen LogP contribution in [0, 0.1) is 0 Å². The molecule has 0 unspecified atom stereocenters. The van der Waals surface area contributed by atoms with Gasteiger partial charge in [0, 0.05) is 49.5 Å². The molecule has 0 radical (unpaired) electrons. The Morgan fingerprint density at radius 1 is 0.375 bits per heavy atom. The lowest BCUT2D eigenvalue weighted by Gasteiger charge is -2.18. The first-order valence-electron chi connectivity index (χ1n) is 18.9. The van der Waals surface area contributed by atoms with E-state index in [0.29, 0.717) is 0 Å². The zero-order chi connectivity index (χ0) is 36.7. The van der Waals surface area contributed by atoms with E-state index in [1.807, 2.05) is 41.1 Å². The molecule has 0 saturated heterocycles. The Bertz CT molecular complexity index is 3480. The number of para-hydroxylation sites is 6. The highest BCUT2D eigenvalue weighted by Gasteiger charge is 2.25. The molecule has 4 aromatic heterocycles. The van der Waals surface area contributed by atoms with Crippen molar-refractivity contribution in [3.05, 3.63) is 188 Å². The highest BCUT2D eigenvalue weighted by molar-refractivity contribution is 6.18. The van der Waals surface area contributed by atoms with Gasteiger partial charge < -0.3 is 13.6 Å². The monoisotopic (exact) mass is 717 g/mol. The Morgan fingerprint density at radius 2 is 0.946 bits per heavy atom. The third-order valence-electron chi connectivity index (χ3n) is 11.2. The van der Waals surface area contributed by atoms with Crippen molar-refractivity contribution in [2.24, 2.45) is 0 Å². The van der Waals surface area contributed by atoms with E-state index in [4.69, 9.17) is 14.7 Å². The first-order valence-corrected chi connectivity index (χ1v) is 18.9. The molecule has 0 bridgehead atoms. The van der Waals surface area contributed by atoms with Crippen LogP contribution in [0.2, 0.25) is 0 Å². The predicted molar refractivity (Wildman–Crippen MR) is 228 cm³/mol. The summed E-state index contributed by atoms with van der Waals surface area (Å²) in [6.45, 7) is 0. The van der Waals surface area contributed by atoms with Crippen molar-refractivity contribution in [3.63, 3.8) is 0 Å². The molecule has 4 heterocycles. The average molecular weight is 718 g/mol. The van der Waals surface area contributed by atoms with E-state index in [2.05, 4.69) is 161 Å². The van der Waals surface area contributed by atoms with Gasteiger partial charge in [-0.25, -0.2) is 4.68 Å². The van der Waals surface area contributed by atoms with Crippen molar-refractivity contribution in [3.8, 4) is 39.6 Å². The van der Waals surface area contributed by atoms with Gasteiger partial charge in [-0.3, -0.25) is 0 Å². The molecule has 0 aliphatic rings. The first kappa shape index (κ1) is 30.7. The van der Waals surface area contributed by atoms with Crippen LogP contribution in [0.15, 0.2) is 192 Å². The molecule has 6 nitrogen and oxygen atoms in total. The molecule has 0 fully saturated rings. The molecular formula is C50H31N5O. The molecule has 0 saturated carbocycles. The van der Waals surface area contributed by atoms with Crippen LogP contribution in [0.5, 0.6) is 0 Å². The summed E-state index contributed by atoms with van der Waals surface area (Å²) < 4.78 is 13.3. The Labute approximate surface area is 320 Å². The maximum Gasteiger partial charge on any atom is 0.137 e. The minimum absolute atomic E-state index is 0.832. The summed E-state index contributed by atoms with van der Waals surface area (Å²) in [4.78, 5) is 0. The topological polar surface area (TPSA) is 53.7 Å². The molecule has 0 aliphatic carbocycles. The van der Waals surface area contributed by atoms with E-state index < -0.39 is 0 Å². The van der Waals surface area contributed by atoms with Crippen molar-refractivity contribution in [2.45, 2.75) is 0 Å². The van der Waals surface area contributed by atoms with Gasteiger partial charge in [0.15, 0.2) is 0 Å². The summed E-state index contributed by atoms with van der Waals surface area (Å²) in [7, 11) is 0. The van der Waals surface area contributed by atoms with E-state index in [1.54, 1.807) is 0 Å². The molecule has 0 amide bonds. The van der Waals surface area contributed by atoms with Crippen molar-refractivity contribution in [1.82, 2.24) is 24.1 Å². The average Bonchev–Trinajstić information content (AvgIpc) is 4.03. The predicted octanol–water partition coefficient (Wildman–Crippen LogP) is 12.7. The zero-order valence-corrected chi connectivity index (χ0v) is 30.0. The van der Waals surface area contributed by atoms with Crippen LogP contribution in [-0.2, 0) is 0 Å². The summed E-state index contributed by atoms with van der Waals surface area (Å²) in [6.07, 6.45) is 0. The third-order valence-corrected chi connectivity index (χ3v) is 11.2. The Morgan fingerprint density at radius 3 is 1.71 bits per heavy atom. The van der Waals surface area contributed by atoms with Crippen LogP contribution in [0.1, 0.15) is 0 Å². The minimum Gasteiger partial charge on any atom is -0.456 e. The quantitative estimate of drug-likeness (QED) is 0.178. The molecule has 12 rings (SSSR count). The van der Waals surface area contributed by atoms with Gasteiger partial charge in [-0.1, -0.05) is 145 Å². The maximum atomic E-state index is 6.48. The van der Waals surface area contributed by atoms with Crippen LogP contribution in [0.25, 0.3) is 105 Å². The van der Waals surface area contributed by atoms with Gasteiger partial charge in [-0.05, 0) is 42.5 Å². The fourth-order valence-electron chi connectivity index (χ4n) is 8.81. The molecular weight excluding hydrogens is 687 g/mol. The fourth-order valence-corrected chi connectivity index (χ4v) is 8.81. The number of rotatable bonds is 5. The van der Waals surface area contributed by atoms with E-state index in [1.165, 1.54) is 10.8 Å². The van der Waals surface area contributed by atoms with Crippen molar-refractivity contribution >= 4 is 65.6 Å². The number of hydrogen-bond donors (Lipinski definition) is 0. The third kappa shape index (κ3) is 4.38. The zero-order valence-electron chi connectivity index (χ0n) is 30.0. The standard InChI is InChI=1S/C50H31N5O/c1-3-16-32(17-4-1)48-49(33-18-5-2-6-19-33)55(52-51-48)44-28-15-23-37-34-20-7-11-25-41(34)54(50(37)44)43-27-13-12-26-42(43)53-40-24-10-8-21-35(40)38-30-39-36-22-9-14-29-46(36)56-47(39)31-45(38)53/h1-31H. The van der Waals surface area contributed by atoms with Gasteiger partial charge >= 0.3 is 0 Å². The molecule has 0 atom stereocenters. The molecule has 56 heavy (non-hydrogen) atoms. The Hall–Kier alpha value is -7.70. The first-order chi connectivity index (χ1) is 27.8. The molecule has 0 aliphatic heterocycles. The largest absolute Gasteiger partial charge is 0.456 e. The SMILES string of the molecule is c1ccc(-c2nnn(-c3cccc4c5ccccc5n(-c5ccccc5-n5c6ccccc6c6cc7c(cc65)oc5ccccc57)c34)c2-c2ccccc2)cc1.